The minimum absolute atomic E-state index is 0.0361. The standard InChI is InChI=1S/C26H22N2O6S/c1-4-12-33-16-9-7-8-15(13-16)20-19-21(29)17-10-5-6-11-18(17)34-22(19)24(30)28(20)26-27-14(2)23(35-26)25(31)32-3/h5-11,13,20H,4,12H2,1-3H3/t20-/m0/s1. The predicted octanol–water partition coefficient (Wildman–Crippen LogP) is 4.88. The predicted molar refractivity (Wildman–Crippen MR) is 132 cm³/mol. The second-order valence-corrected chi connectivity index (χ2v) is 9.05. The fourth-order valence-corrected chi connectivity index (χ4v) is 5.21. The van der Waals surface area contributed by atoms with Gasteiger partial charge in [-0.1, -0.05) is 42.5 Å². The molecule has 0 unspecified atom stereocenters. The summed E-state index contributed by atoms with van der Waals surface area (Å²) in [5.41, 5.74) is 1.37. The number of benzene rings is 2. The van der Waals surface area contributed by atoms with Crippen LogP contribution in [0.5, 0.6) is 5.75 Å². The molecule has 4 aromatic rings. The molecule has 0 spiro atoms. The highest BCUT2D eigenvalue weighted by Crippen LogP contribution is 2.43. The first-order valence-electron chi connectivity index (χ1n) is 11.1. The van der Waals surface area contributed by atoms with Gasteiger partial charge in [-0.3, -0.25) is 14.5 Å². The molecule has 1 atom stereocenters. The van der Waals surface area contributed by atoms with Crippen LogP contribution in [-0.2, 0) is 4.74 Å². The van der Waals surface area contributed by atoms with Crippen LogP contribution in [0, 0.1) is 6.92 Å². The van der Waals surface area contributed by atoms with Gasteiger partial charge in [-0.25, -0.2) is 9.78 Å². The Labute approximate surface area is 204 Å². The Hall–Kier alpha value is -3.98. The number of methoxy groups -OCH3 is 1. The average molecular weight is 491 g/mol. The molecule has 35 heavy (non-hydrogen) atoms. The zero-order chi connectivity index (χ0) is 24.7. The Morgan fingerprint density at radius 1 is 1.17 bits per heavy atom. The number of esters is 1. The third-order valence-corrected chi connectivity index (χ3v) is 6.92. The van der Waals surface area contributed by atoms with E-state index in [9.17, 15) is 14.4 Å². The molecule has 1 aliphatic rings. The van der Waals surface area contributed by atoms with Crippen molar-refractivity contribution in [3.63, 3.8) is 0 Å². The largest absolute Gasteiger partial charge is 0.494 e. The number of aryl methyl sites for hydroxylation is 1. The summed E-state index contributed by atoms with van der Waals surface area (Å²) in [6.07, 6.45) is 0.839. The van der Waals surface area contributed by atoms with Crippen molar-refractivity contribution in [2.24, 2.45) is 0 Å². The molecule has 1 amide bonds. The van der Waals surface area contributed by atoms with Crippen LogP contribution >= 0.6 is 11.3 Å². The number of anilines is 1. The van der Waals surface area contributed by atoms with Crippen molar-refractivity contribution in [2.45, 2.75) is 26.3 Å². The summed E-state index contributed by atoms with van der Waals surface area (Å²) in [6.45, 7) is 4.22. The van der Waals surface area contributed by atoms with Crippen molar-refractivity contribution in [1.29, 1.82) is 0 Å². The SMILES string of the molecule is CCCOc1cccc([C@H]2c3c(oc4ccccc4c3=O)C(=O)N2c2nc(C)c(C(=O)OC)s2)c1. The third kappa shape index (κ3) is 3.77. The molecule has 0 saturated carbocycles. The van der Waals surface area contributed by atoms with Gasteiger partial charge in [-0.2, -0.15) is 0 Å². The third-order valence-electron chi connectivity index (χ3n) is 5.79. The summed E-state index contributed by atoms with van der Waals surface area (Å²) in [4.78, 5) is 45.8. The molecule has 2 aromatic heterocycles. The topological polar surface area (TPSA) is 98.9 Å². The lowest BCUT2D eigenvalue weighted by Crippen LogP contribution is -2.29. The number of amides is 1. The lowest BCUT2D eigenvalue weighted by Gasteiger charge is -2.23. The molecule has 1 aliphatic heterocycles. The first-order chi connectivity index (χ1) is 16.9. The van der Waals surface area contributed by atoms with E-state index in [1.807, 2.05) is 31.2 Å². The summed E-state index contributed by atoms with van der Waals surface area (Å²) in [5.74, 6) is -0.452. The number of ether oxygens (including phenoxy) is 2. The number of nitrogens with zero attached hydrogens (tertiary/aromatic N) is 2. The summed E-state index contributed by atoms with van der Waals surface area (Å²) in [6, 6.07) is 13.3. The molecule has 0 bridgehead atoms. The monoisotopic (exact) mass is 490 g/mol. The summed E-state index contributed by atoms with van der Waals surface area (Å²) >= 11 is 1.03. The smallest absolute Gasteiger partial charge is 0.350 e. The van der Waals surface area contributed by atoms with Crippen LogP contribution < -0.4 is 15.1 Å². The van der Waals surface area contributed by atoms with Crippen LogP contribution in [-0.4, -0.2) is 30.6 Å². The fraction of sp³-hybridized carbons (Fsp3) is 0.231. The zero-order valence-corrected chi connectivity index (χ0v) is 20.2. The second-order valence-electron chi connectivity index (χ2n) is 8.07. The van der Waals surface area contributed by atoms with Crippen molar-refractivity contribution in [2.75, 3.05) is 18.6 Å². The van der Waals surface area contributed by atoms with Crippen LogP contribution in [0.3, 0.4) is 0 Å². The summed E-state index contributed by atoms with van der Waals surface area (Å²) < 4.78 is 16.6. The molecule has 0 saturated heterocycles. The van der Waals surface area contributed by atoms with Gasteiger partial charge in [0.05, 0.1) is 36.4 Å². The number of thiazole rings is 1. The van der Waals surface area contributed by atoms with E-state index in [-0.39, 0.29) is 26.8 Å². The first-order valence-corrected chi connectivity index (χ1v) is 11.9. The van der Waals surface area contributed by atoms with Gasteiger partial charge >= 0.3 is 5.97 Å². The van der Waals surface area contributed by atoms with Crippen molar-refractivity contribution in [3.8, 4) is 5.75 Å². The minimum atomic E-state index is -0.806. The lowest BCUT2D eigenvalue weighted by atomic mass is 9.98. The maximum absolute atomic E-state index is 13.7. The van der Waals surface area contributed by atoms with Gasteiger partial charge in [-0.05, 0) is 43.2 Å². The fourth-order valence-electron chi connectivity index (χ4n) is 4.19. The molecule has 178 valence electrons. The number of hydrogen-bond acceptors (Lipinski definition) is 8. The van der Waals surface area contributed by atoms with E-state index in [4.69, 9.17) is 13.9 Å². The molecule has 0 N–H and O–H groups in total. The van der Waals surface area contributed by atoms with Gasteiger partial charge in [0.1, 0.15) is 16.2 Å². The number of carbonyl (C=O) groups is 2. The quantitative estimate of drug-likeness (QED) is 0.355. The van der Waals surface area contributed by atoms with Crippen LogP contribution in [0.4, 0.5) is 5.13 Å². The first kappa shape index (κ1) is 22.8. The van der Waals surface area contributed by atoms with Crippen LogP contribution in [0.1, 0.15) is 56.4 Å². The number of fused-ring (bicyclic) bond motifs is 2. The van der Waals surface area contributed by atoms with Gasteiger partial charge in [0.25, 0.3) is 5.91 Å². The van der Waals surface area contributed by atoms with Gasteiger partial charge in [0.2, 0.25) is 5.76 Å². The van der Waals surface area contributed by atoms with Crippen LogP contribution in [0.2, 0.25) is 0 Å². The van der Waals surface area contributed by atoms with E-state index in [1.54, 1.807) is 31.2 Å². The van der Waals surface area contributed by atoms with E-state index in [2.05, 4.69) is 4.98 Å². The highest BCUT2D eigenvalue weighted by atomic mass is 32.1. The Morgan fingerprint density at radius 2 is 1.97 bits per heavy atom. The van der Waals surface area contributed by atoms with Gasteiger partial charge in [-0.15, -0.1) is 0 Å². The molecule has 2 aromatic carbocycles. The van der Waals surface area contributed by atoms with Gasteiger partial charge in [0, 0.05) is 0 Å². The van der Waals surface area contributed by atoms with Crippen LogP contribution in [0.15, 0.2) is 57.7 Å². The number of rotatable bonds is 6. The van der Waals surface area contributed by atoms with E-state index in [0.29, 0.717) is 34.6 Å². The number of carbonyl (C=O) groups excluding carboxylic acids is 2. The van der Waals surface area contributed by atoms with Crippen LogP contribution in [0.25, 0.3) is 11.0 Å². The van der Waals surface area contributed by atoms with E-state index < -0.39 is 17.9 Å². The number of hydrogen-bond donors (Lipinski definition) is 0. The van der Waals surface area contributed by atoms with Crippen molar-refractivity contribution in [1.82, 2.24) is 4.98 Å². The van der Waals surface area contributed by atoms with Crippen molar-refractivity contribution in [3.05, 3.63) is 86.2 Å². The highest BCUT2D eigenvalue weighted by molar-refractivity contribution is 7.17. The number of para-hydroxylation sites is 1. The molecule has 5 rings (SSSR count). The Balaban J connectivity index is 1.74. The molecule has 0 fully saturated rings. The molecule has 8 nitrogen and oxygen atoms in total. The Bertz CT molecular complexity index is 1520. The molecular weight excluding hydrogens is 468 g/mol. The van der Waals surface area contributed by atoms with Crippen molar-refractivity contribution < 1.29 is 23.5 Å². The lowest BCUT2D eigenvalue weighted by molar-refractivity contribution is 0.0605. The van der Waals surface area contributed by atoms with E-state index >= 15 is 0 Å². The minimum Gasteiger partial charge on any atom is -0.494 e. The molecule has 0 radical (unpaired) electrons. The normalized spacial score (nSPS) is 14.9. The van der Waals surface area contributed by atoms with E-state index in [1.165, 1.54) is 12.0 Å². The van der Waals surface area contributed by atoms with Gasteiger partial charge in [0.15, 0.2) is 10.6 Å². The van der Waals surface area contributed by atoms with E-state index in [0.717, 1.165) is 17.8 Å². The highest BCUT2D eigenvalue weighted by Gasteiger charge is 2.45. The Morgan fingerprint density at radius 3 is 2.74 bits per heavy atom. The van der Waals surface area contributed by atoms with Crippen molar-refractivity contribution >= 4 is 39.3 Å². The molecule has 3 heterocycles. The Kier molecular flexibility index (Phi) is 5.86. The second kappa shape index (κ2) is 8.99. The molecular formula is C26H22N2O6S. The molecule has 0 aliphatic carbocycles. The maximum Gasteiger partial charge on any atom is 0.350 e. The maximum atomic E-state index is 13.7. The summed E-state index contributed by atoms with van der Waals surface area (Å²) in [5, 5.41) is 0.655. The summed E-state index contributed by atoms with van der Waals surface area (Å²) in [7, 11) is 1.29. The molecule has 9 heteroatoms. The number of aromatic nitrogens is 1. The zero-order valence-electron chi connectivity index (χ0n) is 19.4. The average Bonchev–Trinajstić information content (AvgIpc) is 3.40. The van der Waals surface area contributed by atoms with Gasteiger partial charge < -0.3 is 13.9 Å².